The fourth-order valence-corrected chi connectivity index (χ4v) is 4.14. The maximum absolute atomic E-state index is 5.90. The van der Waals surface area contributed by atoms with E-state index in [2.05, 4.69) is 11.9 Å². The molecule has 1 heterocycles. The summed E-state index contributed by atoms with van der Waals surface area (Å²) in [6.07, 6.45) is 6.88. The molecular weight excluding hydrogens is 264 g/mol. The maximum Gasteiger partial charge on any atom is 0.0963 e. The second-order valence-corrected chi connectivity index (χ2v) is 6.75. The van der Waals surface area contributed by atoms with Crippen LogP contribution in [0.3, 0.4) is 0 Å². The SMILES string of the molecule is CCC1CCC(CN)C(Sc2ccc(Cl)cn2)C1. The van der Waals surface area contributed by atoms with Gasteiger partial charge in [-0.2, -0.15) is 0 Å². The summed E-state index contributed by atoms with van der Waals surface area (Å²) in [7, 11) is 0. The van der Waals surface area contributed by atoms with Gasteiger partial charge in [-0.3, -0.25) is 0 Å². The van der Waals surface area contributed by atoms with Gasteiger partial charge in [-0.25, -0.2) is 4.98 Å². The van der Waals surface area contributed by atoms with Crippen molar-refractivity contribution in [1.82, 2.24) is 4.98 Å². The second-order valence-electron chi connectivity index (χ2n) is 5.05. The Kier molecular flexibility index (Phi) is 5.34. The highest BCUT2D eigenvalue weighted by molar-refractivity contribution is 7.99. The van der Waals surface area contributed by atoms with E-state index < -0.39 is 0 Å². The molecule has 2 nitrogen and oxygen atoms in total. The fraction of sp³-hybridized carbons (Fsp3) is 0.643. The topological polar surface area (TPSA) is 38.9 Å². The number of nitrogens with zero attached hydrogens (tertiary/aromatic N) is 1. The molecule has 1 aliphatic carbocycles. The van der Waals surface area contributed by atoms with Crippen LogP contribution in [0, 0.1) is 11.8 Å². The van der Waals surface area contributed by atoms with Crippen LogP contribution in [0.1, 0.15) is 32.6 Å². The minimum absolute atomic E-state index is 0.613. The smallest absolute Gasteiger partial charge is 0.0963 e. The summed E-state index contributed by atoms with van der Waals surface area (Å²) in [5.74, 6) is 1.49. The molecule has 1 saturated carbocycles. The molecule has 0 radical (unpaired) electrons. The summed E-state index contributed by atoms with van der Waals surface area (Å²) in [5.41, 5.74) is 5.90. The molecule has 0 amide bonds. The van der Waals surface area contributed by atoms with Crippen molar-refractivity contribution in [2.24, 2.45) is 17.6 Å². The molecule has 0 saturated heterocycles. The third-order valence-corrected chi connectivity index (χ3v) is 5.48. The number of hydrogen-bond acceptors (Lipinski definition) is 3. The molecule has 2 N–H and O–H groups in total. The van der Waals surface area contributed by atoms with Gasteiger partial charge < -0.3 is 5.73 Å². The highest BCUT2D eigenvalue weighted by atomic mass is 35.5. The summed E-state index contributed by atoms with van der Waals surface area (Å²) in [6.45, 7) is 3.08. The normalized spacial score (nSPS) is 28.3. The predicted molar refractivity (Wildman–Crippen MR) is 79.1 cm³/mol. The average molecular weight is 285 g/mol. The summed E-state index contributed by atoms with van der Waals surface area (Å²) >= 11 is 7.74. The molecule has 1 aromatic heterocycles. The number of rotatable bonds is 4. The summed E-state index contributed by atoms with van der Waals surface area (Å²) < 4.78 is 0. The third kappa shape index (κ3) is 3.62. The summed E-state index contributed by atoms with van der Waals surface area (Å²) in [6, 6.07) is 3.92. The molecule has 0 aromatic carbocycles. The Morgan fingerprint density at radius 1 is 1.44 bits per heavy atom. The van der Waals surface area contributed by atoms with Crippen molar-refractivity contribution in [3.63, 3.8) is 0 Å². The van der Waals surface area contributed by atoms with Gasteiger partial charge in [0.05, 0.1) is 10.0 Å². The molecule has 1 aromatic rings. The summed E-state index contributed by atoms with van der Waals surface area (Å²) in [4.78, 5) is 4.38. The van der Waals surface area contributed by atoms with Gasteiger partial charge in [0.15, 0.2) is 0 Å². The quantitative estimate of drug-likeness (QED) is 0.909. The van der Waals surface area contributed by atoms with E-state index in [1.54, 1.807) is 6.20 Å². The van der Waals surface area contributed by atoms with E-state index in [0.29, 0.717) is 16.2 Å². The largest absolute Gasteiger partial charge is 0.330 e. The van der Waals surface area contributed by atoms with E-state index in [-0.39, 0.29) is 0 Å². The van der Waals surface area contributed by atoms with E-state index >= 15 is 0 Å². The standard InChI is InChI=1S/C14H21ClN2S/c1-2-10-3-4-11(8-16)13(7-10)18-14-6-5-12(15)9-17-14/h5-6,9-11,13H,2-4,7-8,16H2,1H3. The minimum Gasteiger partial charge on any atom is -0.330 e. The van der Waals surface area contributed by atoms with Crippen molar-refractivity contribution in [3.8, 4) is 0 Å². The molecule has 18 heavy (non-hydrogen) atoms. The Bertz CT molecular complexity index is 369. The Labute approximate surface area is 119 Å². The summed E-state index contributed by atoms with van der Waals surface area (Å²) in [5, 5.41) is 2.38. The third-order valence-electron chi connectivity index (χ3n) is 3.89. The molecule has 2 rings (SSSR count). The molecule has 3 atom stereocenters. The Balaban J connectivity index is 2.02. The monoisotopic (exact) mass is 284 g/mol. The second kappa shape index (κ2) is 6.78. The number of pyridine rings is 1. The van der Waals surface area contributed by atoms with Gasteiger partial charge in [0, 0.05) is 11.4 Å². The van der Waals surface area contributed by atoms with Crippen LogP contribution in [0.2, 0.25) is 5.02 Å². The Hall–Kier alpha value is -0.250. The van der Waals surface area contributed by atoms with Crippen LogP contribution in [0.15, 0.2) is 23.4 Å². The zero-order valence-corrected chi connectivity index (χ0v) is 12.4. The highest BCUT2D eigenvalue weighted by Gasteiger charge is 2.29. The molecule has 1 fully saturated rings. The van der Waals surface area contributed by atoms with E-state index in [0.717, 1.165) is 17.5 Å². The maximum atomic E-state index is 5.90. The van der Waals surface area contributed by atoms with Crippen molar-refractivity contribution in [2.45, 2.75) is 42.9 Å². The molecule has 4 heteroatoms. The molecule has 0 aliphatic heterocycles. The minimum atomic E-state index is 0.613. The van der Waals surface area contributed by atoms with E-state index in [1.165, 1.54) is 25.7 Å². The van der Waals surface area contributed by atoms with Crippen LogP contribution in [-0.2, 0) is 0 Å². The Morgan fingerprint density at radius 3 is 2.89 bits per heavy atom. The van der Waals surface area contributed by atoms with Gasteiger partial charge in [-0.05, 0) is 43.4 Å². The number of halogens is 1. The molecule has 1 aliphatic rings. The molecule has 0 spiro atoms. The van der Waals surface area contributed by atoms with Crippen molar-refractivity contribution in [2.75, 3.05) is 6.54 Å². The van der Waals surface area contributed by atoms with E-state index in [1.807, 2.05) is 23.9 Å². The molecular formula is C14H21ClN2S. The molecule has 100 valence electrons. The first-order valence-electron chi connectivity index (χ1n) is 6.71. The van der Waals surface area contributed by atoms with Gasteiger partial charge in [0.1, 0.15) is 0 Å². The predicted octanol–water partition coefficient (Wildman–Crippen LogP) is 3.98. The van der Waals surface area contributed by atoms with Crippen LogP contribution < -0.4 is 5.73 Å². The first-order valence-corrected chi connectivity index (χ1v) is 7.97. The van der Waals surface area contributed by atoms with Gasteiger partial charge in [-0.15, -0.1) is 11.8 Å². The zero-order chi connectivity index (χ0) is 13.0. The first kappa shape index (κ1) is 14.2. The van der Waals surface area contributed by atoms with Crippen molar-refractivity contribution in [3.05, 3.63) is 23.4 Å². The lowest BCUT2D eigenvalue weighted by atomic mass is 9.80. The number of thioether (sulfide) groups is 1. The lowest BCUT2D eigenvalue weighted by Crippen LogP contribution is -2.32. The van der Waals surface area contributed by atoms with Crippen molar-refractivity contribution in [1.29, 1.82) is 0 Å². The lowest BCUT2D eigenvalue weighted by molar-refractivity contribution is 0.283. The van der Waals surface area contributed by atoms with E-state index in [9.17, 15) is 0 Å². The van der Waals surface area contributed by atoms with Gasteiger partial charge in [0.25, 0.3) is 0 Å². The van der Waals surface area contributed by atoms with Crippen molar-refractivity contribution < 1.29 is 0 Å². The number of aromatic nitrogens is 1. The Morgan fingerprint density at radius 2 is 2.28 bits per heavy atom. The number of nitrogens with two attached hydrogens (primary N) is 1. The van der Waals surface area contributed by atoms with Crippen molar-refractivity contribution >= 4 is 23.4 Å². The van der Waals surface area contributed by atoms with Gasteiger partial charge in [-0.1, -0.05) is 31.4 Å². The number of hydrogen-bond donors (Lipinski definition) is 1. The fourth-order valence-electron chi connectivity index (χ4n) is 2.65. The average Bonchev–Trinajstić information content (AvgIpc) is 2.41. The zero-order valence-electron chi connectivity index (χ0n) is 10.8. The first-order chi connectivity index (χ1) is 8.72. The highest BCUT2D eigenvalue weighted by Crippen LogP contribution is 2.40. The van der Waals surface area contributed by atoms with Crippen LogP contribution in [0.4, 0.5) is 0 Å². The van der Waals surface area contributed by atoms with E-state index in [4.69, 9.17) is 17.3 Å². The van der Waals surface area contributed by atoms with Gasteiger partial charge >= 0.3 is 0 Å². The lowest BCUT2D eigenvalue weighted by Gasteiger charge is -2.34. The van der Waals surface area contributed by atoms with Crippen LogP contribution in [0.25, 0.3) is 0 Å². The molecule has 0 bridgehead atoms. The van der Waals surface area contributed by atoms with Crippen LogP contribution in [0.5, 0.6) is 0 Å². The molecule has 3 unspecified atom stereocenters. The van der Waals surface area contributed by atoms with Gasteiger partial charge in [0.2, 0.25) is 0 Å². The van der Waals surface area contributed by atoms with Crippen LogP contribution >= 0.6 is 23.4 Å². The van der Waals surface area contributed by atoms with Crippen LogP contribution in [-0.4, -0.2) is 16.8 Å².